The topological polar surface area (TPSA) is 52.5 Å². The molecule has 2 fully saturated rings. The van der Waals surface area contributed by atoms with Crippen LogP contribution in [-0.2, 0) is 0 Å². The Kier molecular flexibility index (Phi) is 12.1. The highest BCUT2D eigenvalue weighted by Crippen LogP contribution is 2.54. The minimum atomic E-state index is -0.186. The molecule has 0 aromatic heterocycles. The fraction of sp³-hybridized carbons (Fsp3) is 1.00. The van der Waals surface area contributed by atoms with Gasteiger partial charge in [0.2, 0.25) is 0 Å². The number of nitrogens with one attached hydrogen (secondary N) is 1. The lowest BCUT2D eigenvalue weighted by Gasteiger charge is -2.43. The number of aliphatic hydroxyl groups is 2. The molecule has 166 valence electrons. The summed E-state index contributed by atoms with van der Waals surface area (Å²) in [5.74, 6) is 1.47. The number of hydrogen-bond acceptors (Lipinski definition) is 3. The first-order valence-corrected chi connectivity index (χ1v) is 12.7. The first-order chi connectivity index (χ1) is 13.8. The van der Waals surface area contributed by atoms with Crippen molar-refractivity contribution in [1.29, 1.82) is 0 Å². The molecule has 2 bridgehead atoms. The summed E-state index contributed by atoms with van der Waals surface area (Å²) in [4.78, 5) is 0. The molecule has 3 N–H and O–H groups in total. The van der Waals surface area contributed by atoms with Gasteiger partial charge in [0.1, 0.15) is 0 Å². The largest absolute Gasteiger partial charge is 0.396 e. The van der Waals surface area contributed by atoms with Gasteiger partial charge in [0.05, 0.1) is 6.61 Å². The van der Waals surface area contributed by atoms with Gasteiger partial charge in [0, 0.05) is 18.1 Å². The Hall–Kier alpha value is -0.120. The molecule has 2 rings (SSSR count). The van der Waals surface area contributed by atoms with E-state index in [1.165, 1.54) is 109 Å². The van der Waals surface area contributed by atoms with Crippen molar-refractivity contribution < 1.29 is 10.2 Å². The molecule has 0 spiro atoms. The van der Waals surface area contributed by atoms with Crippen LogP contribution in [0, 0.1) is 17.8 Å². The van der Waals surface area contributed by atoms with Crippen molar-refractivity contribution in [3.63, 3.8) is 0 Å². The molecule has 2 aliphatic rings. The second kappa shape index (κ2) is 14.0. The van der Waals surface area contributed by atoms with E-state index in [0.29, 0.717) is 11.8 Å². The van der Waals surface area contributed by atoms with Gasteiger partial charge in [-0.25, -0.2) is 0 Å². The fourth-order valence-corrected chi connectivity index (χ4v) is 6.10. The minimum Gasteiger partial charge on any atom is -0.396 e. The normalized spacial score (nSPS) is 29.0. The van der Waals surface area contributed by atoms with E-state index >= 15 is 0 Å². The van der Waals surface area contributed by atoms with Crippen molar-refractivity contribution in [2.45, 2.75) is 122 Å². The van der Waals surface area contributed by atoms with Crippen LogP contribution in [0.1, 0.15) is 116 Å². The van der Waals surface area contributed by atoms with Crippen molar-refractivity contribution >= 4 is 0 Å². The summed E-state index contributed by atoms with van der Waals surface area (Å²) in [7, 11) is 0. The summed E-state index contributed by atoms with van der Waals surface area (Å²) < 4.78 is 0. The summed E-state index contributed by atoms with van der Waals surface area (Å²) >= 11 is 0. The van der Waals surface area contributed by atoms with Crippen molar-refractivity contribution in [3.8, 4) is 0 Å². The van der Waals surface area contributed by atoms with E-state index in [-0.39, 0.29) is 24.7 Å². The van der Waals surface area contributed by atoms with E-state index in [1.54, 1.807) is 0 Å². The molecule has 2 aliphatic carbocycles. The molecule has 3 nitrogen and oxygen atoms in total. The smallest absolute Gasteiger partial charge is 0.0619 e. The lowest BCUT2D eigenvalue weighted by molar-refractivity contribution is 0.0247. The van der Waals surface area contributed by atoms with E-state index < -0.39 is 0 Å². The SMILES string of the molecule is CCCCCCCCCCCCCCCCNC1(CO)C2CCC(C2)C1CO. The highest BCUT2D eigenvalue weighted by atomic mass is 16.3. The van der Waals surface area contributed by atoms with Crippen LogP contribution in [0.4, 0.5) is 0 Å². The second-order valence-electron chi connectivity index (χ2n) is 9.78. The van der Waals surface area contributed by atoms with E-state index in [4.69, 9.17) is 0 Å². The highest BCUT2D eigenvalue weighted by molar-refractivity contribution is 5.11. The van der Waals surface area contributed by atoms with Gasteiger partial charge >= 0.3 is 0 Å². The molecule has 0 amide bonds. The van der Waals surface area contributed by atoms with Crippen LogP contribution in [0.15, 0.2) is 0 Å². The average molecular weight is 396 g/mol. The Morgan fingerprint density at radius 2 is 1.29 bits per heavy atom. The van der Waals surface area contributed by atoms with Crippen molar-refractivity contribution in [2.24, 2.45) is 17.8 Å². The molecule has 3 heteroatoms. The summed E-state index contributed by atoms with van der Waals surface area (Å²) in [6, 6.07) is 0. The zero-order valence-electron chi connectivity index (χ0n) is 18.8. The highest BCUT2D eigenvalue weighted by Gasteiger charge is 2.57. The molecule has 4 atom stereocenters. The lowest BCUT2D eigenvalue weighted by atomic mass is 9.73. The molecule has 2 saturated carbocycles. The second-order valence-corrected chi connectivity index (χ2v) is 9.78. The third kappa shape index (κ3) is 6.99. The molecule has 0 aromatic carbocycles. The van der Waals surface area contributed by atoms with Crippen LogP contribution in [-0.4, -0.2) is 35.5 Å². The Labute approximate surface area is 175 Å². The minimum absolute atomic E-state index is 0.186. The first-order valence-electron chi connectivity index (χ1n) is 12.7. The van der Waals surface area contributed by atoms with Gasteiger partial charge < -0.3 is 15.5 Å². The summed E-state index contributed by atoms with van der Waals surface area (Å²) in [5, 5.41) is 23.6. The number of unbranched alkanes of at least 4 members (excludes halogenated alkanes) is 13. The number of hydrogen-bond donors (Lipinski definition) is 3. The third-order valence-corrected chi connectivity index (χ3v) is 7.88. The lowest BCUT2D eigenvalue weighted by Crippen LogP contribution is -2.59. The molecule has 0 aromatic rings. The fourth-order valence-electron chi connectivity index (χ4n) is 6.10. The summed E-state index contributed by atoms with van der Waals surface area (Å²) in [6.07, 6.45) is 23.1. The van der Waals surface area contributed by atoms with Crippen LogP contribution >= 0.6 is 0 Å². The monoisotopic (exact) mass is 395 g/mol. The van der Waals surface area contributed by atoms with Crippen molar-refractivity contribution in [1.82, 2.24) is 5.32 Å². The maximum absolute atomic E-state index is 10.1. The molecular formula is C25H49NO2. The van der Waals surface area contributed by atoms with Crippen LogP contribution in [0.5, 0.6) is 0 Å². The number of rotatable bonds is 18. The van der Waals surface area contributed by atoms with E-state index in [0.717, 1.165) is 6.54 Å². The van der Waals surface area contributed by atoms with Crippen LogP contribution in [0.2, 0.25) is 0 Å². The Bertz CT molecular complexity index is 389. The van der Waals surface area contributed by atoms with Gasteiger partial charge in [-0.1, -0.05) is 90.4 Å². The van der Waals surface area contributed by atoms with Gasteiger partial charge in [-0.3, -0.25) is 0 Å². The maximum atomic E-state index is 10.1. The predicted molar refractivity (Wildman–Crippen MR) is 120 cm³/mol. The third-order valence-electron chi connectivity index (χ3n) is 7.88. The van der Waals surface area contributed by atoms with E-state index in [2.05, 4.69) is 12.2 Å². The quantitative estimate of drug-likeness (QED) is 0.256. The van der Waals surface area contributed by atoms with E-state index in [9.17, 15) is 10.2 Å². The van der Waals surface area contributed by atoms with Crippen LogP contribution in [0.3, 0.4) is 0 Å². The Balaban J connectivity index is 1.41. The van der Waals surface area contributed by atoms with Gasteiger partial charge in [-0.15, -0.1) is 0 Å². The van der Waals surface area contributed by atoms with Gasteiger partial charge in [-0.2, -0.15) is 0 Å². The molecule has 4 unspecified atom stereocenters. The molecule has 0 saturated heterocycles. The Morgan fingerprint density at radius 3 is 1.79 bits per heavy atom. The van der Waals surface area contributed by atoms with Crippen molar-refractivity contribution in [2.75, 3.05) is 19.8 Å². The average Bonchev–Trinajstić information content (AvgIpc) is 3.31. The summed E-state index contributed by atoms with van der Waals surface area (Å²) in [6.45, 7) is 3.71. The van der Waals surface area contributed by atoms with Crippen LogP contribution < -0.4 is 5.32 Å². The zero-order chi connectivity index (χ0) is 20.1. The first kappa shape index (κ1) is 24.2. The predicted octanol–water partition coefficient (Wildman–Crippen LogP) is 5.83. The molecular weight excluding hydrogens is 346 g/mol. The van der Waals surface area contributed by atoms with Crippen LogP contribution in [0.25, 0.3) is 0 Å². The van der Waals surface area contributed by atoms with Gasteiger partial charge in [0.25, 0.3) is 0 Å². The molecule has 0 heterocycles. The number of aliphatic hydroxyl groups excluding tert-OH is 2. The number of fused-ring (bicyclic) bond motifs is 2. The van der Waals surface area contributed by atoms with E-state index in [1.807, 2.05) is 0 Å². The van der Waals surface area contributed by atoms with Crippen molar-refractivity contribution in [3.05, 3.63) is 0 Å². The maximum Gasteiger partial charge on any atom is 0.0619 e. The zero-order valence-corrected chi connectivity index (χ0v) is 18.8. The molecule has 28 heavy (non-hydrogen) atoms. The van der Waals surface area contributed by atoms with Gasteiger partial charge in [0.15, 0.2) is 0 Å². The van der Waals surface area contributed by atoms with Gasteiger partial charge in [-0.05, 0) is 44.1 Å². The Morgan fingerprint density at radius 1 is 0.750 bits per heavy atom. The molecule has 0 aliphatic heterocycles. The standard InChI is InChI=1S/C25H49NO2/c1-2-3-4-5-6-7-8-9-10-11-12-13-14-15-18-26-25(21-28)23-17-16-22(19-23)24(25)20-27/h22-24,26-28H,2-21H2,1H3. The summed E-state index contributed by atoms with van der Waals surface area (Å²) in [5.41, 5.74) is -0.186. The molecule has 0 radical (unpaired) electrons.